The second-order valence-corrected chi connectivity index (χ2v) is 8.25. The van der Waals surface area contributed by atoms with Crippen LogP contribution in [0.25, 0.3) is 0 Å². The van der Waals surface area contributed by atoms with Crippen molar-refractivity contribution in [3.05, 3.63) is 59.2 Å². The van der Waals surface area contributed by atoms with E-state index in [1.807, 2.05) is 12.2 Å². The van der Waals surface area contributed by atoms with Crippen LogP contribution in [-0.4, -0.2) is 8.86 Å². The summed E-state index contributed by atoms with van der Waals surface area (Å²) in [4.78, 5) is 0. The van der Waals surface area contributed by atoms with Crippen molar-refractivity contribution in [3.63, 3.8) is 0 Å². The summed E-state index contributed by atoms with van der Waals surface area (Å²) in [5.41, 5.74) is 0. The molecule has 0 atom stereocenters. The molecule has 0 radical (unpaired) electrons. The molecule has 0 aliphatic rings. The first kappa shape index (κ1) is 10.5. The fraction of sp³-hybridized carbons (Fsp3) is 0.167. The van der Waals surface area contributed by atoms with Crippen LogP contribution < -0.4 is 0 Å². The van der Waals surface area contributed by atoms with Gasteiger partial charge < -0.3 is 0 Å². The predicted octanol–water partition coefficient (Wildman–Crippen LogP) is 3.73. The summed E-state index contributed by atoms with van der Waals surface area (Å²) in [5, 5.41) is 0. The molecule has 1 aromatic carbocycles. The standard InChI is InChI=1S/C12H15I/c1-3-10-13(11-4-2)12-8-6-5-7-9-12/h3-9H,1-2,10-11H2. The van der Waals surface area contributed by atoms with Crippen molar-refractivity contribution in [3.8, 4) is 0 Å². The summed E-state index contributed by atoms with van der Waals surface area (Å²) in [5.74, 6) is 0. The Morgan fingerprint density at radius 1 is 1.00 bits per heavy atom. The number of halogens is 1. The molecule has 0 aliphatic carbocycles. The molecule has 0 saturated heterocycles. The zero-order valence-corrected chi connectivity index (χ0v) is 9.91. The minimum atomic E-state index is -1.00. The molecule has 0 unspecified atom stereocenters. The molecule has 70 valence electrons. The van der Waals surface area contributed by atoms with E-state index in [-0.39, 0.29) is 0 Å². The molecule has 0 N–H and O–H groups in total. The first-order valence-electron chi connectivity index (χ1n) is 4.27. The van der Waals surface area contributed by atoms with Gasteiger partial charge in [-0.25, -0.2) is 0 Å². The predicted molar refractivity (Wildman–Crippen MR) is 69.3 cm³/mol. The molecule has 0 spiro atoms. The van der Waals surface area contributed by atoms with Crippen molar-refractivity contribution in [1.29, 1.82) is 0 Å². The maximum absolute atomic E-state index is 3.81. The van der Waals surface area contributed by atoms with Crippen molar-refractivity contribution >= 4 is 19.8 Å². The number of allylic oxidation sites excluding steroid dienone is 2. The molecule has 0 aromatic heterocycles. The Morgan fingerprint density at radius 2 is 1.54 bits per heavy atom. The van der Waals surface area contributed by atoms with E-state index in [1.54, 1.807) is 0 Å². The van der Waals surface area contributed by atoms with Crippen molar-refractivity contribution in [2.75, 3.05) is 8.86 Å². The molecule has 0 bridgehead atoms. The summed E-state index contributed by atoms with van der Waals surface area (Å²) in [7, 11) is 0. The summed E-state index contributed by atoms with van der Waals surface area (Å²) in [6, 6.07) is 10.8. The van der Waals surface area contributed by atoms with Crippen LogP contribution in [0.3, 0.4) is 0 Å². The van der Waals surface area contributed by atoms with Gasteiger partial charge in [0.25, 0.3) is 0 Å². The molecule has 0 saturated carbocycles. The van der Waals surface area contributed by atoms with Crippen LogP contribution >= 0.6 is 19.8 Å². The van der Waals surface area contributed by atoms with Crippen molar-refractivity contribution in [2.24, 2.45) is 0 Å². The zero-order chi connectivity index (χ0) is 9.52. The molecule has 0 nitrogen and oxygen atoms in total. The SMILES string of the molecule is C=CCI(CC=C)c1ccccc1. The molecular weight excluding hydrogens is 271 g/mol. The summed E-state index contributed by atoms with van der Waals surface area (Å²) in [6.07, 6.45) is 4.09. The van der Waals surface area contributed by atoms with Gasteiger partial charge in [0.05, 0.1) is 0 Å². The Hall–Kier alpha value is -0.570. The van der Waals surface area contributed by atoms with E-state index in [0.717, 1.165) is 0 Å². The van der Waals surface area contributed by atoms with Gasteiger partial charge in [-0.2, -0.15) is 0 Å². The number of rotatable bonds is 5. The molecule has 1 heteroatoms. The molecule has 0 amide bonds. The number of alkyl halides is 2. The average molecular weight is 286 g/mol. The van der Waals surface area contributed by atoms with Crippen molar-refractivity contribution in [1.82, 2.24) is 0 Å². The second-order valence-electron chi connectivity index (χ2n) is 2.64. The Balaban J connectivity index is 2.75. The van der Waals surface area contributed by atoms with Crippen LogP contribution in [0.2, 0.25) is 0 Å². The van der Waals surface area contributed by atoms with Crippen LogP contribution in [0, 0.1) is 3.57 Å². The first-order chi connectivity index (χ1) is 6.38. The van der Waals surface area contributed by atoms with E-state index in [4.69, 9.17) is 0 Å². The Kier molecular flexibility index (Phi) is 4.83. The quantitative estimate of drug-likeness (QED) is 0.439. The van der Waals surface area contributed by atoms with E-state index < -0.39 is 19.8 Å². The normalized spacial score (nSPS) is 10.6. The molecule has 1 rings (SSSR count). The van der Waals surface area contributed by atoms with Gasteiger partial charge in [-0.3, -0.25) is 0 Å². The number of hydrogen-bond acceptors (Lipinski definition) is 0. The number of benzene rings is 1. The summed E-state index contributed by atoms with van der Waals surface area (Å²) in [6.45, 7) is 7.63. The van der Waals surface area contributed by atoms with Gasteiger partial charge >= 0.3 is 87.9 Å². The van der Waals surface area contributed by atoms with Gasteiger partial charge in [-0.15, -0.1) is 0 Å². The van der Waals surface area contributed by atoms with E-state index in [1.165, 1.54) is 12.4 Å². The summed E-state index contributed by atoms with van der Waals surface area (Å²) < 4.78 is 3.89. The zero-order valence-electron chi connectivity index (χ0n) is 7.75. The minimum absolute atomic E-state index is 1.00. The van der Waals surface area contributed by atoms with Crippen LogP contribution in [0.4, 0.5) is 0 Å². The monoisotopic (exact) mass is 286 g/mol. The van der Waals surface area contributed by atoms with Gasteiger partial charge in [0.2, 0.25) is 0 Å². The Bertz CT molecular complexity index is 254. The topological polar surface area (TPSA) is 0 Å². The average Bonchev–Trinajstić information content (AvgIpc) is 2.19. The Morgan fingerprint density at radius 3 is 2.00 bits per heavy atom. The van der Waals surface area contributed by atoms with Crippen LogP contribution in [0.1, 0.15) is 0 Å². The maximum atomic E-state index is 3.81. The second kappa shape index (κ2) is 5.97. The fourth-order valence-electron chi connectivity index (χ4n) is 1.10. The van der Waals surface area contributed by atoms with Crippen LogP contribution in [-0.2, 0) is 0 Å². The van der Waals surface area contributed by atoms with Gasteiger partial charge in [-0.1, -0.05) is 0 Å². The third kappa shape index (κ3) is 3.35. The fourth-order valence-corrected chi connectivity index (χ4v) is 5.41. The third-order valence-electron chi connectivity index (χ3n) is 1.63. The van der Waals surface area contributed by atoms with Crippen molar-refractivity contribution in [2.45, 2.75) is 0 Å². The van der Waals surface area contributed by atoms with Crippen molar-refractivity contribution < 1.29 is 0 Å². The molecule has 13 heavy (non-hydrogen) atoms. The molecule has 0 heterocycles. The van der Waals surface area contributed by atoms with E-state index >= 15 is 0 Å². The van der Waals surface area contributed by atoms with Gasteiger partial charge in [-0.05, 0) is 0 Å². The van der Waals surface area contributed by atoms with Crippen LogP contribution in [0.5, 0.6) is 0 Å². The Labute approximate surface area is 87.8 Å². The van der Waals surface area contributed by atoms with E-state index in [2.05, 4.69) is 43.5 Å². The van der Waals surface area contributed by atoms with Gasteiger partial charge in [0, 0.05) is 0 Å². The molecule has 0 aliphatic heterocycles. The van der Waals surface area contributed by atoms with E-state index in [0.29, 0.717) is 0 Å². The number of hydrogen-bond donors (Lipinski definition) is 0. The molecule has 1 aromatic rings. The molecular formula is C12H15I. The summed E-state index contributed by atoms with van der Waals surface area (Å²) >= 11 is -1.00. The van der Waals surface area contributed by atoms with Gasteiger partial charge in [0.15, 0.2) is 0 Å². The first-order valence-corrected chi connectivity index (χ1v) is 8.40. The van der Waals surface area contributed by atoms with Crippen LogP contribution in [0.15, 0.2) is 55.6 Å². The van der Waals surface area contributed by atoms with Gasteiger partial charge in [0.1, 0.15) is 0 Å². The van der Waals surface area contributed by atoms with E-state index in [9.17, 15) is 0 Å². The third-order valence-corrected chi connectivity index (χ3v) is 7.49. The molecule has 0 fully saturated rings.